The van der Waals surface area contributed by atoms with Gasteiger partial charge in [-0.2, -0.15) is 0 Å². The fourth-order valence-electron chi connectivity index (χ4n) is 2.36. The average Bonchev–Trinajstić information content (AvgIpc) is 2.48. The molecule has 0 fully saturated rings. The zero-order chi connectivity index (χ0) is 17.0. The van der Waals surface area contributed by atoms with Crippen molar-refractivity contribution in [1.29, 1.82) is 0 Å². The fraction of sp³-hybridized carbons (Fsp3) is 0.278. The number of aliphatic hydroxyl groups excluding tert-OH is 1. The molecular formula is C18H19FO4. The molecule has 23 heavy (non-hydrogen) atoms. The number of carboxylic acid groups (broad SMARTS) is 1. The standard InChI is InChI=1S/C18H19FO4/c1-11-9-13(3-5-15(11)18(21)22)16-10-14(19)4-6-17(16)23-12(2)7-8-20/h3-6,9-10,12,20H,7-8H2,1-2H3,(H,21,22)/t12-/m1/s1. The highest BCUT2D eigenvalue weighted by Gasteiger charge is 2.14. The van der Waals surface area contributed by atoms with Crippen molar-refractivity contribution in [3.8, 4) is 16.9 Å². The normalized spacial score (nSPS) is 12.0. The number of ether oxygens (including phenoxy) is 1. The van der Waals surface area contributed by atoms with Crippen LogP contribution >= 0.6 is 0 Å². The van der Waals surface area contributed by atoms with Crippen LogP contribution in [-0.4, -0.2) is 28.9 Å². The molecule has 0 amide bonds. The van der Waals surface area contributed by atoms with Gasteiger partial charge in [0, 0.05) is 18.6 Å². The van der Waals surface area contributed by atoms with Crippen LogP contribution in [0.25, 0.3) is 11.1 Å². The van der Waals surface area contributed by atoms with Crippen molar-refractivity contribution in [2.75, 3.05) is 6.61 Å². The van der Waals surface area contributed by atoms with Crippen LogP contribution in [0.5, 0.6) is 5.75 Å². The van der Waals surface area contributed by atoms with E-state index >= 15 is 0 Å². The Morgan fingerprint density at radius 1 is 1.26 bits per heavy atom. The van der Waals surface area contributed by atoms with Crippen molar-refractivity contribution >= 4 is 5.97 Å². The first-order chi connectivity index (χ1) is 10.9. The van der Waals surface area contributed by atoms with Gasteiger partial charge in [-0.05, 0) is 49.2 Å². The third kappa shape index (κ3) is 4.07. The Balaban J connectivity index is 2.43. The van der Waals surface area contributed by atoms with Crippen LogP contribution in [-0.2, 0) is 0 Å². The van der Waals surface area contributed by atoms with Gasteiger partial charge in [-0.3, -0.25) is 0 Å². The minimum absolute atomic E-state index is 0.00408. The summed E-state index contributed by atoms with van der Waals surface area (Å²) >= 11 is 0. The van der Waals surface area contributed by atoms with E-state index in [0.717, 1.165) is 0 Å². The Morgan fingerprint density at radius 3 is 2.61 bits per heavy atom. The number of aromatic carboxylic acids is 1. The Bertz CT molecular complexity index is 712. The lowest BCUT2D eigenvalue weighted by molar-refractivity contribution is 0.0696. The summed E-state index contributed by atoms with van der Waals surface area (Å²) in [5.41, 5.74) is 2.03. The second-order valence-corrected chi connectivity index (χ2v) is 5.42. The van der Waals surface area contributed by atoms with Crippen molar-refractivity contribution in [3.63, 3.8) is 0 Å². The van der Waals surface area contributed by atoms with Crippen molar-refractivity contribution in [2.45, 2.75) is 26.4 Å². The average molecular weight is 318 g/mol. The molecule has 0 saturated heterocycles. The van der Waals surface area contributed by atoms with Crippen LogP contribution in [0.2, 0.25) is 0 Å². The Kier molecular flexibility index (Phi) is 5.34. The molecule has 0 bridgehead atoms. The maximum atomic E-state index is 13.6. The summed E-state index contributed by atoms with van der Waals surface area (Å²) in [6, 6.07) is 9.04. The van der Waals surface area contributed by atoms with E-state index in [0.29, 0.717) is 28.9 Å². The van der Waals surface area contributed by atoms with Gasteiger partial charge in [0.1, 0.15) is 11.6 Å². The number of rotatable bonds is 6. The van der Waals surface area contributed by atoms with Gasteiger partial charge in [0.15, 0.2) is 0 Å². The first-order valence-electron chi connectivity index (χ1n) is 7.33. The summed E-state index contributed by atoms with van der Waals surface area (Å²) in [7, 11) is 0. The van der Waals surface area contributed by atoms with Crippen molar-refractivity contribution in [1.82, 2.24) is 0 Å². The molecule has 0 radical (unpaired) electrons. The van der Waals surface area contributed by atoms with E-state index in [1.165, 1.54) is 18.2 Å². The second kappa shape index (κ2) is 7.24. The van der Waals surface area contributed by atoms with Crippen LogP contribution in [0, 0.1) is 12.7 Å². The molecule has 122 valence electrons. The second-order valence-electron chi connectivity index (χ2n) is 5.42. The molecule has 2 aromatic carbocycles. The first-order valence-corrected chi connectivity index (χ1v) is 7.33. The number of aryl methyl sites for hydroxylation is 1. The minimum atomic E-state index is -0.999. The van der Waals surface area contributed by atoms with E-state index < -0.39 is 11.8 Å². The zero-order valence-electron chi connectivity index (χ0n) is 13.0. The van der Waals surface area contributed by atoms with Gasteiger partial charge in [-0.1, -0.05) is 12.1 Å². The van der Waals surface area contributed by atoms with Gasteiger partial charge >= 0.3 is 5.97 Å². The quantitative estimate of drug-likeness (QED) is 0.853. The molecule has 0 aromatic heterocycles. The molecule has 5 heteroatoms. The maximum absolute atomic E-state index is 13.6. The molecule has 0 aliphatic rings. The van der Waals surface area contributed by atoms with E-state index in [2.05, 4.69) is 0 Å². The van der Waals surface area contributed by atoms with Gasteiger partial charge < -0.3 is 14.9 Å². The summed E-state index contributed by atoms with van der Waals surface area (Å²) in [4.78, 5) is 11.1. The highest BCUT2D eigenvalue weighted by Crippen LogP contribution is 2.33. The number of hydrogen-bond acceptors (Lipinski definition) is 3. The van der Waals surface area contributed by atoms with Gasteiger partial charge in [0.25, 0.3) is 0 Å². The fourth-order valence-corrected chi connectivity index (χ4v) is 2.36. The number of benzene rings is 2. The molecule has 2 N–H and O–H groups in total. The molecular weight excluding hydrogens is 299 g/mol. The highest BCUT2D eigenvalue weighted by atomic mass is 19.1. The molecule has 4 nitrogen and oxygen atoms in total. The van der Waals surface area contributed by atoms with E-state index in [-0.39, 0.29) is 18.3 Å². The first kappa shape index (κ1) is 17.0. The van der Waals surface area contributed by atoms with Crippen molar-refractivity contribution < 1.29 is 24.1 Å². The lowest BCUT2D eigenvalue weighted by Crippen LogP contribution is -2.14. The van der Waals surface area contributed by atoms with E-state index in [4.69, 9.17) is 14.9 Å². The number of aliphatic hydroxyl groups is 1. The summed E-state index contributed by atoms with van der Waals surface area (Å²) in [5.74, 6) is -0.904. The van der Waals surface area contributed by atoms with Crippen LogP contribution in [0.15, 0.2) is 36.4 Å². The summed E-state index contributed by atoms with van der Waals surface area (Å²) < 4.78 is 19.4. The molecule has 0 aliphatic heterocycles. The van der Waals surface area contributed by atoms with Crippen LogP contribution in [0.3, 0.4) is 0 Å². The van der Waals surface area contributed by atoms with E-state index in [9.17, 15) is 9.18 Å². The predicted molar refractivity (Wildman–Crippen MR) is 85.3 cm³/mol. The molecule has 0 unspecified atom stereocenters. The van der Waals surface area contributed by atoms with Gasteiger partial charge in [-0.15, -0.1) is 0 Å². The zero-order valence-corrected chi connectivity index (χ0v) is 13.0. The SMILES string of the molecule is Cc1cc(-c2cc(F)ccc2O[C@H](C)CCO)ccc1C(=O)O. The molecule has 1 atom stereocenters. The third-order valence-electron chi connectivity index (χ3n) is 3.57. The van der Waals surface area contributed by atoms with E-state index in [1.807, 2.05) is 6.92 Å². The summed E-state index contributed by atoms with van der Waals surface area (Å²) in [5, 5.41) is 18.1. The van der Waals surface area contributed by atoms with E-state index in [1.54, 1.807) is 25.1 Å². The topological polar surface area (TPSA) is 66.8 Å². The Morgan fingerprint density at radius 2 is 2.00 bits per heavy atom. The Labute approximate surface area is 134 Å². The van der Waals surface area contributed by atoms with Crippen LogP contribution in [0.4, 0.5) is 4.39 Å². The Hall–Kier alpha value is -2.40. The number of carbonyl (C=O) groups is 1. The smallest absolute Gasteiger partial charge is 0.335 e. The molecule has 0 aliphatic carbocycles. The van der Waals surface area contributed by atoms with Gasteiger partial charge in [0.2, 0.25) is 0 Å². The van der Waals surface area contributed by atoms with Gasteiger partial charge in [-0.25, -0.2) is 9.18 Å². The molecule has 2 rings (SSSR count). The number of carboxylic acids is 1. The van der Waals surface area contributed by atoms with Crippen LogP contribution in [0.1, 0.15) is 29.3 Å². The predicted octanol–water partition coefficient (Wildman–Crippen LogP) is 3.65. The van der Waals surface area contributed by atoms with Crippen molar-refractivity contribution in [3.05, 3.63) is 53.3 Å². The molecule has 0 saturated carbocycles. The maximum Gasteiger partial charge on any atom is 0.335 e. The summed E-state index contributed by atoms with van der Waals surface area (Å²) in [6.45, 7) is 3.52. The molecule has 0 spiro atoms. The number of halogens is 1. The van der Waals surface area contributed by atoms with Gasteiger partial charge in [0.05, 0.1) is 11.7 Å². The minimum Gasteiger partial charge on any atom is -0.490 e. The lowest BCUT2D eigenvalue weighted by atomic mass is 9.99. The third-order valence-corrected chi connectivity index (χ3v) is 3.57. The van der Waals surface area contributed by atoms with Crippen molar-refractivity contribution in [2.24, 2.45) is 0 Å². The van der Waals surface area contributed by atoms with Crippen LogP contribution < -0.4 is 4.74 Å². The monoisotopic (exact) mass is 318 g/mol. The summed E-state index contributed by atoms with van der Waals surface area (Å²) in [6.07, 6.45) is 0.247. The largest absolute Gasteiger partial charge is 0.490 e. The number of hydrogen-bond donors (Lipinski definition) is 2. The molecule has 2 aromatic rings. The lowest BCUT2D eigenvalue weighted by Gasteiger charge is -2.17. The molecule has 0 heterocycles. The highest BCUT2D eigenvalue weighted by molar-refractivity contribution is 5.90.